The van der Waals surface area contributed by atoms with Gasteiger partial charge in [-0.05, 0) is 42.1 Å². The molecule has 4 nitrogen and oxygen atoms in total. The largest absolute Gasteiger partial charge is 0.350 e. The summed E-state index contributed by atoms with van der Waals surface area (Å²) < 4.78 is 0. The first kappa shape index (κ1) is 18.7. The van der Waals surface area contributed by atoms with Gasteiger partial charge in [-0.1, -0.05) is 53.5 Å². The first-order valence-electron chi connectivity index (χ1n) is 8.42. The fourth-order valence-corrected chi connectivity index (χ4v) is 4.17. The maximum absolute atomic E-state index is 13.3. The van der Waals surface area contributed by atoms with Gasteiger partial charge >= 0.3 is 0 Å². The third-order valence-electron chi connectivity index (χ3n) is 4.43. The Labute approximate surface area is 176 Å². The van der Waals surface area contributed by atoms with E-state index in [1.165, 1.54) is 11.3 Å². The van der Waals surface area contributed by atoms with Crippen molar-refractivity contribution in [2.24, 2.45) is 0 Å². The van der Waals surface area contributed by atoms with Gasteiger partial charge in [-0.25, -0.2) is 4.90 Å². The first-order valence-corrected chi connectivity index (χ1v) is 10.1. The van der Waals surface area contributed by atoms with Crippen LogP contribution >= 0.6 is 34.5 Å². The quantitative estimate of drug-likeness (QED) is 0.537. The molecule has 1 aromatic heterocycles. The number of carbonyl (C=O) groups excluding carboxylic acids is 2. The lowest BCUT2D eigenvalue weighted by atomic mass is 10.1. The summed E-state index contributed by atoms with van der Waals surface area (Å²) >= 11 is 13.8. The minimum Gasteiger partial charge on any atom is -0.350 e. The summed E-state index contributed by atoms with van der Waals surface area (Å²) in [5, 5.41) is 5.46. The number of carbonyl (C=O) groups is 2. The number of rotatable bonds is 4. The Kier molecular flexibility index (Phi) is 4.98. The van der Waals surface area contributed by atoms with Crippen molar-refractivity contribution in [2.45, 2.75) is 6.92 Å². The molecule has 7 heteroatoms. The number of amides is 2. The Morgan fingerprint density at radius 2 is 1.71 bits per heavy atom. The number of imide groups is 1. The Balaban J connectivity index is 1.85. The third-order valence-corrected chi connectivity index (χ3v) is 6.12. The summed E-state index contributed by atoms with van der Waals surface area (Å²) in [6.07, 6.45) is 0. The molecular formula is C21H14Cl2N2O2S. The maximum atomic E-state index is 13.3. The van der Waals surface area contributed by atoms with Crippen LogP contribution in [0.25, 0.3) is 5.57 Å². The van der Waals surface area contributed by atoms with Crippen molar-refractivity contribution < 1.29 is 9.59 Å². The summed E-state index contributed by atoms with van der Waals surface area (Å²) in [7, 11) is 0. The van der Waals surface area contributed by atoms with Crippen LogP contribution in [-0.4, -0.2) is 11.8 Å². The summed E-state index contributed by atoms with van der Waals surface area (Å²) in [5.41, 5.74) is 2.52. The van der Waals surface area contributed by atoms with E-state index < -0.39 is 11.8 Å². The molecule has 0 atom stereocenters. The van der Waals surface area contributed by atoms with E-state index >= 15 is 0 Å². The number of hydrogen-bond acceptors (Lipinski definition) is 4. The van der Waals surface area contributed by atoms with Crippen molar-refractivity contribution in [3.8, 4) is 0 Å². The second kappa shape index (κ2) is 7.43. The molecule has 2 heterocycles. The number of thiophene rings is 1. The summed E-state index contributed by atoms with van der Waals surface area (Å²) in [4.78, 5) is 28.3. The number of anilines is 2. The molecule has 2 aromatic carbocycles. The fraction of sp³-hybridized carbons (Fsp3) is 0.0476. The summed E-state index contributed by atoms with van der Waals surface area (Å²) in [6, 6.07) is 16.1. The van der Waals surface area contributed by atoms with Crippen LogP contribution in [0.2, 0.25) is 10.0 Å². The van der Waals surface area contributed by atoms with Crippen molar-refractivity contribution in [1.82, 2.24) is 0 Å². The smallest absolute Gasteiger partial charge is 0.282 e. The van der Waals surface area contributed by atoms with Crippen LogP contribution in [0, 0.1) is 6.92 Å². The monoisotopic (exact) mass is 428 g/mol. The highest BCUT2D eigenvalue weighted by Crippen LogP contribution is 2.40. The van der Waals surface area contributed by atoms with Gasteiger partial charge in [-0.2, -0.15) is 0 Å². The van der Waals surface area contributed by atoms with E-state index in [-0.39, 0.29) is 21.4 Å². The zero-order chi connectivity index (χ0) is 19.8. The lowest BCUT2D eigenvalue weighted by Crippen LogP contribution is -2.32. The number of para-hydroxylation sites is 1. The van der Waals surface area contributed by atoms with Crippen LogP contribution in [0.15, 0.2) is 65.7 Å². The SMILES string of the molecule is Cc1ccccc1NC1=C(c2cccs2)C(=O)N(c2cccc(Cl)c2Cl)C1=O. The standard InChI is InChI=1S/C21H14Cl2N2O2S/c1-12-6-2-3-8-14(12)24-19-17(16-10-5-11-28-16)20(26)25(21(19)27)15-9-4-7-13(22)18(15)23/h2-11,24H,1H3. The molecule has 0 aliphatic carbocycles. The molecule has 1 aliphatic heterocycles. The lowest BCUT2D eigenvalue weighted by Gasteiger charge is -2.17. The summed E-state index contributed by atoms with van der Waals surface area (Å²) in [6.45, 7) is 1.93. The molecule has 28 heavy (non-hydrogen) atoms. The first-order chi connectivity index (χ1) is 13.5. The van der Waals surface area contributed by atoms with Gasteiger partial charge in [0, 0.05) is 10.6 Å². The molecule has 2 amide bonds. The molecule has 0 radical (unpaired) electrons. The predicted octanol–water partition coefficient (Wildman–Crippen LogP) is 5.76. The van der Waals surface area contributed by atoms with Crippen molar-refractivity contribution in [3.05, 3.63) is 86.2 Å². The van der Waals surface area contributed by atoms with Crippen LogP contribution < -0.4 is 10.2 Å². The van der Waals surface area contributed by atoms with Crippen LogP contribution in [0.5, 0.6) is 0 Å². The third kappa shape index (κ3) is 3.11. The van der Waals surface area contributed by atoms with Gasteiger partial charge < -0.3 is 5.32 Å². The lowest BCUT2D eigenvalue weighted by molar-refractivity contribution is -0.120. The molecule has 0 spiro atoms. The van der Waals surface area contributed by atoms with Crippen LogP contribution in [0.4, 0.5) is 11.4 Å². The second-order valence-corrected chi connectivity index (χ2v) is 7.92. The van der Waals surface area contributed by atoms with E-state index in [0.29, 0.717) is 10.5 Å². The van der Waals surface area contributed by atoms with Gasteiger partial charge in [0.15, 0.2) is 0 Å². The highest BCUT2D eigenvalue weighted by Gasteiger charge is 2.41. The highest BCUT2D eigenvalue weighted by atomic mass is 35.5. The van der Waals surface area contributed by atoms with E-state index in [2.05, 4.69) is 5.32 Å². The van der Waals surface area contributed by atoms with Crippen LogP contribution in [0.3, 0.4) is 0 Å². The zero-order valence-corrected chi connectivity index (χ0v) is 17.0. The number of aryl methyl sites for hydroxylation is 1. The van der Waals surface area contributed by atoms with Gasteiger partial charge in [0.05, 0.1) is 21.3 Å². The number of nitrogens with one attached hydrogen (secondary N) is 1. The van der Waals surface area contributed by atoms with E-state index in [4.69, 9.17) is 23.2 Å². The number of halogens is 2. The van der Waals surface area contributed by atoms with Gasteiger partial charge in [0.25, 0.3) is 11.8 Å². The maximum Gasteiger partial charge on any atom is 0.282 e. The van der Waals surface area contributed by atoms with Crippen molar-refractivity contribution in [1.29, 1.82) is 0 Å². The molecular weight excluding hydrogens is 415 g/mol. The molecule has 0 saturated carbocycles. The Bertz CT molecular complexity index is 1120. The predicted molar refractivity (Wildman–Crippen MR) is 115 cm³/mol. The van der Waals surface area contributed by atoms with Crippen molar-refractivity contribution in [3.63, 3.8) is 0 Å². The molecule has 140 valence electrons. The molecule has 4 rings (SSSR count). The topological polar surface area (TPSA) is 49.4 Å². The number of hydrogen-bond donors (Lipinski definition) is 1. The summed E-state index contributed by atoms with van der Waals surface area (Å²) in [5.74, 6) is -0.909. The molecule has 1 aliphatic rings. The number of nitrogens with zero attached hydrogens (tertiary/aromatic N) is 1. The van der Waals surface area contributed by atoms with Gasteiger partial charge in [-0.15, -0.1) is 11.3 Å². The fourth-order valence-electron chi connectivity index (χ4n) is 3.03. The van der Waals surface area contributed by atoms with E-state index in [9.17, 15) is 9.59 Å². The van der Waals surface area contributed by atoms with E-state index in [1.807, 2.05) is 48.7 Å². The second-order valence-electron chi connectivity index (χ2n) is 6.19. The molecule has 0 saturated heterocycles. The average molecular weight is 429 g/mol. The van der Waals surface area contributed by atoms with Gasteiger partial charge in [0.2, 0.25) is 0 Å². The highest BCUT2D eigenvalue weighted by molar-refractivity contribution is 7.11. The number of benzene rings is 2. The van der Waals surface area contributed by atoms with Crippen molar-refractivity contribution >= 4 is 63.3 Å². The van der Waals surface area contributed by atoms with Gasteiger partial charge in [0.1, 0.15) is 5.70 Å². The van der Waals surface area contributed by atoms with E-state index in [0.717, 1.165) is 16.2 Å². The molecule has 0 bridgehead atoms. The Morgan fingerprint density at radius 1 is 0.929 bits per heavy atom. The minimum absolute atomic E-state index is 0.161. The Hall–Kier alpha value is -2.60. The van der Waals surface area contributed by atoms with Gasteiger partial charge in [-0.3, -0.25) is 9.59 Å². The van der Waals surface area contributed by atoms with E-state index in [1.54, 1.807) is 18.2 Å². The minimum atomic E-state index is -0.471. The average Bonchev–Trinajstić information content (AvgIpc) is 3.27. The van der Waals surface area contributed by atoms with Crippen LogP contribution in [-0.2, 0) is 9.59 Å². The molecule has 1 N–H and O–H groups in total. The molecule has 3 aromatic rings. The Morgan fingerprint density at radius 3 is 2.43 bits per heavy atom. The van der Waals surface area contributed by atoms with Crippen LogP contribution in [0.1, 0.15) is 10.4 Å². The normalized spacial score (nSPS) is 14.2. The zero-order valence-electron chi connectivity index (χ0n) is 14.7. The molecule has 0 fully saturated rings. The van der Waals surface area contributed by atoms with Crippen molar-refractivity contribution in [2.75, 3.05) is 10.2 Å². The molecule has 0 unspecified atom stereocenters.